The van der Waals surface area contributed by atoms with E-state index >= 15 is 0 Å². The van der Waals surface area contributed by atoms with Crippen molar-refractivity contribution in [1.29, 1.82) is 0 Å². The predicted molar refractivity (Wildman–Crippen MR) is 80.9 cm³/mol. The monoisotopic (exact) mass is 263 g/mol. The summed E-state index contributed by atoms with van der Waals surface area (Å²) < 4.78 is 5.67. The van der Waals surface area contributed by atoms with Gasteiger partial charge in [-0.3, -0.25) is 0 Å². The highest BCUT2D eigenvalue weighted by Gasteiger charge is 2.05. The molecule has 0 bridgehead atoms. The molecule has 0 spiro atoms. The molecule has 0 saturated heterocycles. The summed E-state index contributed by atoms with van der Waals surface area (Å²) in [6.45, 7) is 8.29. The van der Waals surface area contributed by atoms with Crippen LogP contribution in [0.1, 0.15) is 25.0 Å². The van der Waals surface area contributed by atoms with E-state index in [4.69, 9.17) is 4.74 Å². The van der Waals surface area contributed by atoms with Crippen LogP contribution in [0.25, 0.3) is 0 Å². The molecule has 0 aliphatic carbocycles. The lowest BCUT2D eigenvalue weighted by atomic mass is 10.1. The van der Waals surface area contributed by atoms with Crippen LogP contribution >= 0.6 is 0 Å². The van der Waals surface area contributed by atoms with Gasteiger partial charge in [0.05, 0.1) is 13.2 Å². The minimum Gasteiger partial charge on any atom is -0.494 e. The third kappa shape index (κ3) is 4.81. The molecule has 0 atom stereocenters. The molecule has 0 aromatic heterocycles. The molecule has 0 amide bonds. The fraction of sp³-hybridized carbons (Fsp3) is 0.533. The molecule has 0 heterocycles. The molecule has 0 aliphatic rings. The van der Waals surface area contributed by atoms with Gasteiger partial charge >= 0.3 is 0 Å². The number of nitrogens with zero attached hydrogens (tertiary/aromatic N) is 2. The standard InChI is InChI=1S/C15H25N3O/c1-6-16-15(18(4)5)17-11-13-9-8-12(3)10-14(13)19-7-2/h8-10H,6-7,11H2,1-5H3,(H,16,17). The molecule has 4 heteroatoms. The number of hydrogen-bond donors (Lipinski definition) is 1. The van der Waals surface area contributed by atoms with Crippen LogP contribution in [0.2, 0.25) is 0 Å². The Morgan fingerprint density at radius 2 is 2.05 bits per heavy atom. The van der Waals surface area contributed by atoms with Gasteiger partial charge < -0.3 is 15.0 Å². The fourth-order valence-corrected chi connectivity index (χ4v) is 1.76. The minimum atomic E-state index is 0.621. The van der Waals surface area contributed by atoms with Crippen molar-refractivity contribution in [2.45, 2.75) is 27.3 Å². The van der Waals surface area contributed by atoms with Crippen molar-refractivity contribution >= 4 is 5.96 Å². The molecule has 0 fully saturated rings. The third-order valence-electron chi connectivity index (χ3n) is 2.68. The normalized spacial score (nSPS) is 11.3. The number of benzene rings is 1. The van der Waals surface area contributed by atoms with E-state index in [1.165, 1.54) is 5.56 Å². The molecule has 19 heavy (non-hydrogen) atoms. The summed E-state index contributed by atoms with van der Waals surface area (Å²) in [4.78, 5) is 6.59. The lowest BCUT2D eigenvalue weighted by Gasteiger charge is -2.17. The lowest BCUT2D eigenvalue weighted by Crippen LogP contribution is -2.36. The largest absolute Gasteiger partial charge is 0.494 e. The van der Waals surface area contributed by atoms with E-state index < -0.39 is 0 Å². The summed E-state index contributed by atoms with van der Waals surface area (Å²) in [7, 11) is 3.97. The van der Waals surface area contributed by atoms with Gasteiger partial charge in [0.2, 0.25) is 0 Å². The highest BCUT2D eigenvalue weighted by atomic mass is 16.5. The van der Waals surface area contributed by atoms with Gasteiger partial charge in [-0.25, -0.2) is 4.99 Å². The number of ether oxygens (including phenoxy) is 1. The highest BCUT2D eigenvalue weighted by molar-refractivity contribution is 5.79. The maximum Gasteiger partial charge on any atom is 0.193 e. The predicted octanol–water partition coefficient (Wildman–Crippen LogP) is 2.42. The zero-order chi connectivity index (χ0) is 14.3. The SMILES string of the molecule is CCNC(=NCc1ccc(C)cc1OCC)N(C)C. The number of aryl methyl sites for hydroxylation is 1. The van der Waals surface area contributed by atoms with Crippen molar-refractivity contribution < 1.29 is 4.74 Å². The molecule has 0 saturated carbocycles. The first-order chi connectivity index (χ1) is 9.08. The van der Waals surface area contributed by atoms with Gasteiger partial charge in [-0.2, -0.15) is 0 Å². The Morgan fingerprint density at radius 1 is 1.32 bits per heavy atom. The summed E-state index contributed by atoms with van der Waals surface area (Å²) >= 11 is 0. The van der Waals surface area contributed by atoms with Crippen molar-refractivity contribution in [1.82, 2.24) is 10.2 Å². The van der Waals surface area contributed by atoms with Gasteiger partial charge in [0.25, 0.3) is 0 Å². The third-order valence-corrected chi connectivity index (χ3v) is 2.68. The zero-order valence-electron chi connectivity index (χ0n) is 12.7. The average molecular weight is 263 g/mol. The van der Waals surface area contributed by atoms with Gasteiger partial charge in [-0.1, -0.05) is 12.1 Å². The Labute approximate surface area is 116 Å². The Balaban J connectivity index is 2.88. The number of aliphatic imine (C=N–C) groups is 1. The molecule has 1 aromatic carbocycles. The van der Waals surface area contributed by atoms with E-state index in [1.54, 1.807) is 0 Å². The molecule has 0 radical (unpaired) electrons. The number of rotatable bonds is 5. The van der Waals surface area contributed by atoms with Gasteiger partial charge in [-0.15, -0.1) is 0 Å². The number of hydrogen-bond acceptors (Lipinski definition) is 2. The van der Waals surface area contributed by atoms with E-state index in [1.807, 2.05) is 25.9 Å². The van der Waals surface area contributed by atoms with E-state index in [0.29, 0.717) is 13.2 Å². The van der Waals surface area contributed by atoms with E-state index in [2.05, 4.69) is 42.4 Å². The minimum absolute atomic E-state index is 0.621. The first kappa shape index (κ1) is 15.3. The molecule has 1 rings (SSSR count). The average Bonchev–Trinajstić information content (AvgIpc) is 2.36. The van der Waals surface area contributed by atoms with Crippen LogP contribution < -0.4 is 10.1 Å². The highest BCUT2D eigenvalue weighted by Crippen LogP contribution is 2.21. The Bertz CT molecular complexity index is 427. The van der Waals surface area contributed by atoms with Crippen molar-refractivity contribution in [3.05, 3.63) is 29.3 Å². The van der Waals surface area contributed by atoms with Crippen LogP contribution in [0.5, 0.6) is 5.75 Å². The second-order valence-electron chi connectivity index (χ2n) is 4.61. The second-order valence-corrected chi connectivity index (χ2v) is 4.61. The topological polar surface area (TPSA) is 36.9 Å². The zero-order valence-corrected chi connectivity index (χ0v) is 12.7. The molecule has 106 valence electrons. The summed E-state index contributed by atoms with van der Waals surface area (Å²) in [6.07, 6.45) is 0. The molecule has 0 unspecified atom stereocenters. The van der Waals surface area contributed by atoms with Crippen LogP contribution in [-0.2, 0) is 6.54 Å². The Morgan fingerprint density at radius 3 is 2.63 bits per heavy atom. The smallest absolute Gasteiger partial charge is 0.193 e. The lowest BCUT2D eigenvalue weighted by molar-refractivity contribution is 0.336. The molecule has 1 aromatic rings. The number of guanidine groups is 1. The van der Waals surface area contributed by atoms with E-state index in [0.717, 1.165) is 23.8 Å². The van der Waals surface area contributed by atoms with Crippen LogP contribution in [0.15, 0.2) is 23.2 Å². The first-order valence-corrected chi connectivity index (χ1v) is 6.76. The summed E-state index contributed by atoms with van der Waals surface area (Å²) in [6, 6.07) is 6.25. The van der Waals surface area contributed by atoms with Gasteiger partial charge in [0.1, 0.15) is 5.75 Å². The van der Waals surface area contributed by atoms with Crippen molar-refractivity contribution in [3.8, 4) is 5.75 Å². The number of nitrogens with one attached hydrogen (secondary N) is 1. The van der Waals surface area contributed by atoms with E-state index in [9.17, 15) is 0 Å². The maximum atomic E-state index is 5.67. The summed E-state index contributed by atoms with van der Waals surface area (Å²) in [5.41, 5.74) is 2.32. The first-order valence-electron chi connectivity index (χ1n) is 6.76. The Kier molecular flexibility index (Phi) is 6.19. The Hall–Kier alpha value is -1.71. The molecule has 1 N–H and O–H groups in total. The van der Waals surface area contributed by atoms with Crippen LogP contribution in [0, 0.1) is 6.92 Å². The van der Waals surface area contributed by atoms with Crippen LogP contribution in [0.4, 0.5) is 0 Å². The van der Waals surface area contributed by atoms with Gasteiger partial charge in [0, 0.05) is 26.2 Å². The molecule has 4 nitrogen and oxygen atoms in total. The molecular weight excluding hydrogens is 238 g/mol. The summed E-state index contributed by atoms with van der Waals surface area (Å²) in [5.74, 6) is 1.83. The quantitative estimate of drug-likeness (QED) is 0.655. The van der Waals surface area contributed by atoms with Gasteiger partial charge in [0.15, 0.2) is 5.96 Å². The maximum absolute atomic E-state index is 5.67. The van der Waals surface area contributed by atoms with Crippen molar-refractivity contribution in [3.63, 3.8) is 0 Å². The second kappa shape index (κ2) is 7.67. The molecule has 0 aliphatic heterocycles. The fourth-order valence-electron chi connectivity index (χ4n) is 1.76. The van der Waals surface area contributed by atoms with E-state index in [-0.39, 0.29) is 0 Å². The van der Waals surface area contributed by atoms with Gasteiger partial charge in [-0.05, 0) is 32.4 Å². The summed E-state index contributed by atoms with van der Waals surface area (Å²) in [5, 5.41) is 3.25. The van der Waals surface area contributed by atoms with Crippen molar-refractivity contribution in [2.75, 3.05) is 27.2 Å². The van der Waals surface area contributed by atoms with Crippen LogP contribution in [-0.4, -0.2) is 38.1 Å². The molecular formula is C15H25N3O. The van der Waals surface area contributed by atoms with Crippen LogP contribution in [0.3, 0.4) is 0 Å². The van der Waals surface area contributed by atoms with Crippen molar-refractivity contribution in [2.24, 2.45) is 4.99 Å².